The van der Waals surface area contributed by atoms with Crippen molar-refractivity contribution in [2.75, 3.05) is 0 Å². The zero-order valence-electron chi connectivity index (χ0n) is 19.2. The van der Waals surface area contributed by atoms with Crippen LogP contribution in [0.1, 0.15) is 16.7 Å². The zero-order valence-corrected chi connectivity index (χ0v) is 19.2. The third-order valence-electron chi connectivity index (χ3n) is 5.72. The minimum absolute atomic E-state index is 0.230. The van der Waals surface area contributed by atoms with Gasteiger partial charge in [-0.05, 0) is 28.3 Å². The Kier molecular flexibility index (Phi) is 8.81. The predicted molar refractivity (Wildman–Crippen MR) is 132 cm³/mol. The number of ether oxygens (including phenoxy) is 3. The number of carbonyl (C=O) groups is 1. The lowest BCUT2D eigenvalue weighted by Gasteiger charge is -2.33. The van der Waals surface area contributed by atoms with Gasteiger partial charge >= 0.3 is 0 Å². The molecule has 0 fully saturated rings. The number of rotatable bonds is 10. The van der Waals surface area contributed by atoms with Gasteiger partial charge in [0.05, 0.1) is 32.0 Å². The van der Waals surface area contributed by atoms with Crippen LogP contribution >= 0.6 is 0 Å². The molecule has 4 atom stereocenters. The highest BCUT2D eigenvalue weighted by Crippen LogP contribution is 2.26. The van der Waals surface area contributed by atoms with Crippen LogP contribution in [0.4, 0.5) is 0 Å². The Hall–Kier alpha value is -3.74. The highest BCUT2D eigenvalue weighted by atomic mass is 16.6. The molecule has 178 valence electrons. The Bertz CT molecular complexity index is 1150. The number of ketones is 1. The molecule has 0 bridgehead atoms. The topological polar surface area (TPSA) is 93.5 Å². The van der Waals surface area contributed by atoms with Crippen molar-refractivity contribution in [3.05, 3.63) is 130 Å². The molecule has 7 nitrogen and oxygen atoms in total. The van der Waals surface area contributed by atoms with Gasteiger partial charge in [0, 0.05) is 4.91 Å². The van der Waals surface area contributed by atoms with E-state index in [0.717, 1.165) is 16.7 Å². The Morgan fingerprint density at radius 3 is 1.63 bits per heavy atom. The molecule has 0 saturated carbocycles. The van der Waals surface area contributed by atoms with Crippen LogP contribution in [0.25, 0.3) is 10.4 Å². The summed E-state index contributed by atoms with van der Waals surface area (Å²) < 4.78 is 18.7. The highest BCUT2D eigenvalue weighted by Gasteiger charge is 2.41. The molecule has 7 heteroatoms. The standard InChI is InChI=1S/C28H27N3O4/c29-31-30-24-16-17-25(32)27(34-19-22-12-6-2-7-13-22)28(35-20-23-14-8-3-9-15-23)26(24)33-18-21-10-4-1-5-11-21/h1-17,24,26-28H,18-20H2/t24-,26+,27-,28-/m1/s1. The lowest BCUT2D eigenvalue weighted by atomic mass is 10.0. The van der Waals surface area contributed by atoms with Crippen LogP contribution in [-0.2, 0) is 38.8 Å². The summed E-state index contributed by atoms with van der Waals surface area (Å²) in [7, 11) is 0. The van der Waals surface area contributed by atoms with E-state index in [1.54, 1.807) is 6.08 Å². The number of nitrogens with zero attached hydrogens (tertiary/aromatic N) is 3. The fourth-order valence-corrected chi connectivity index (χ4v) is 3.94. The molecule has 0 aliphatic heterocycles. The van der Waals surface area contributed by atoms with Gasteiger partial charge in [0.1, 0.15) is 12.2 Å². The largest absolute Gasteiger partial charge is 0.370 e. The summed E-state index contributed by atoms with van der Waals surface area (Å²) in [5, 5.41) is 3.91. The lowest BCUT2D eigenvalue weighted by Crippen LogP contribution is -2.48. The first kappa shape index (κ1) is 24.4. The molecule has 35 heavy (non-hydrogen) atoms. The van der Waals surface area contributed by atoms with Crippen molar-refractivity contribution in [1.29, 1.82) is 0 Å². The fourth-order valence-electron chi connectivity index (χ4n) is 3.94. The monoisotopic (exact) mass is 469 g/mol. The van der Waals surface area contributed by atoms with E-state index in [0.29, 0.717) is 0 Å². The van der Waals surface area contributed by atoms with Crippen molar-refractivity contribution in [2.24, 2.45) is 5.11 Å². The summed E-state index contributed by atoms with van der Waals surface area (Å²) in [4.78, 5) is 16.1. The van der Waals surface area contributed by atoms with Crippen molar-refractivity contribution in [1.82, 2.24) is 0 Å². The van der Waals surface area contributed by atoms with E-state index >= 15 is 0 Å². The van der Waals surface area contributed by atoms with E-state index < -0.39 is 24.4 Å². The van der Waals surface area contributed by atoms with Crippen molar-refractivity contribution in [2.45, 2.75) is 44.2 Å². The summed E-state index contributed by atoms with van der Waals surface area (Å²) in [5.74, 6) is -0.261. The Morgan fingerprint density at radius 2 is 1.14 bits per heavy atom. The van der Waals surface area contributed by atoms with Crippen molar-refractivity contribution in [3.8, 4) is 0 Å². The molecule has 3 aromatic carbocycles. The molecule has 0 radical (unpaired) electrons. The maximum atomic E-state index is 13.1. The van der Waals surface area contributed by atoms with Gasteiger partial charge < -0.3 is 14.2 Å². The summed E-state index contributed by atoms with van der Waals surface area (Å²) >= 11 is 0. The van der Waals surface area contributed by atoms with E-state index in [-0.39, 0.29) is 25.6 Å². The lowest BCUT2D eigenvalue weighted by molar-refractivity contribution is -0.163. The fraction of sp³-hybridized carbons (Fsp3) is 0.250. The van der Waals surface area contributed by atoms with E-state index in [1.165, 1.54) is 6.08 Å². The Morgan fingerprint density at radius 1 is 0.686 bits per heavy atom. The number of azide groups is 1. The molecule has 0 spiro atoms. The van der Waals surface area contributed by atoms with Crippen molar-refractivity contribution < 1.29 is 19.0 Å². The maximum absolute atomic E-state index is 13.1. The zero-order chi connectivity index (χ0) is 24.3. The highest BCUT2D eigenvalue weighted by molar-refractivity contribution is 5.94. The summed E-state index contributed by atoms with van der Waals surface area (Å²) in [6.07, 6.45) is 0.496. The van der Waals surface area contributed by atoms with Crippen LogP contribution in [-0.4, -0.2) is 30.1 Å². The quantitative estimate of drug-likeness (QED) is 0.221. The molecule has 3 aromatic rings. The average molecular weight is 470 g/mol. The number of hydrogen-bond acceptors (Lipinski definition) is 5. The number of benzene rings is 3. The molecule has 1 aliphatic carbocycles. The second kappa shape index (κ2) is 12.6. The van der Waals surface area contributed by atoms with Gasteiger partial charge in [0.15, 0.2) is 5.78 Å². The van der Waals surface area contributed by atoms with Gasteiger partial charge in [-0.25, -0.2) is 0 Å². The second-order valence-electron chi connectivity index (χ2n) is 8.20. The van der Waals surface area contributed by atoms with E-state index in [2.05, 4.69) is 10.0 Å². The van der Waals surface area contributed by atoms with Crippen LogP contribution < -0.4 is 0 Å². The van der Waals surface area contributed by atoms with E-state index in [4.69, 9.17) is 14.2 Å². The minimum atomic E-state index is -0.935. The third-order valence-corrected chi connectivity index (χ3v) is 5.72. The molecule has 0 aromatic heterocycles. The molecule has 0 unspecified atom stereocenters. The van der Waals surface area contributed by atoms with E-state index in [1.807, 2.05) is 91.0 Å². The Balaban J connectivity index is 1.62. The summed E-state index contributed by atoms with van der Waals surface area (Å²) in [6.45, 7) is 0.744. The van der Waals surface area contributed by atoms with Gasteiger partial charge in [-0.15, -0.1) is 0 Å². The van der Waals surface area contributed by atoms with Gasteiger partial charge in [0.25, 0.3) is 0 Å². The molecule has 0 amide bonds. The first-order valence-corrected chi connectivity index (χ1v) is 11.5. The third kappa shape index (κ3) is 6.88. The average Bonchev–Trinajstić information content (AvgIpc) is 3.03. The first-order valence-electron chi connectivity index (χ1n) is 11.5. The van der Waals surface area contributed by atoms with Crippen LogP contribution in [0.3, 0.4) is 0 Å². The molecule has 0 saturated heterocycles. The van der Waals surface area contributed by atoms with Crippen LogP contribution in [0, 0.1) is 0 Å². The predicted octanol–water partition coefficient (Wildman–Crippen LogP) is 5.56. The van der Waals surface area contributed by atoms with Crippen molar-refractivity contribution >= 4 is 5.78 Å². The molecular weight excluding hydrogens is 442 g/mol. The second-order valence-corrected chi connectivity index (χ2v) is 8.20. The van der Waals surface area contributed by atoms with Crippen LogP contribution in [0.15, 0.2) is 108 Å². The van der Waals surface area contributed by atoms with E-state index in [9.17, 15) is 10.3 Å². The first-order chi connectivity index (χ1) is 17.2. The Labute approximate surface area is 204 Å². The van der Waals surface area contributed by atoms with Gasteiger partial charge in [-0.2, -0.15) is 0 Å². The summed E-state index contributed by atoms with van der Waals surface area (Å²) in [6, 6.07) is 28.2. The number of hydrogen-bond donors (Lipinski definition) is 0. The smallest absolute Gasteiger partial charge is 0.186 e. The molecule has 4 rings (SSSR count). The van der Waals surface area contributed by atoms with Gasteiger partial charge in [-0.1, -0.05) is 102 Å². The minimum Gasteiger partial charge on any atom is -0.370 e. The molecule has 0 N–H and O–H groups in total. The number of carbonyl (C=O) groups excluding carboxylic acids is 1. The van der Waals surface area contributed by atoms with Crippen LogP contribution in [0.5, 0.6) is 0 Å². The maximum Gasteiger partial charge on any atom is 0.186 e. The molecule has 1 aliphatic rings. The summed E-state index contributed by atoms with van der Waals surface area (Å²) in [5.41, 5.74) is 12.0. The van der Waals surface area contributed by atoms with Crippen LogP contribution in [0.2, 0.25) is 0 Å². The SMILES string of the molecule is [N-]=[N+]=N[C@@H]1C=CC(=O)[C@@H](OCc2ccccc2)[C@H](OCc2ccccc2)[C@H]1OCc1ccccc1. The normalized spacial score (nSPS) is 21.8. The molecule has 0 heterocycles. The van der Waals surface area contributed by atoms with Gasteiger partial charge in [-0.3, -0.25) is 4.79 Å². The molecular formula is C28H27N3O4. The van der Waals surface area contributed by atoms with Crippen molar-refractivity contribution in [3.63, 3.8) is 0 Å². The van der Waals surface area contributed by atoms with Gasteiger partial charge in [0.2, 0.25) is 0 Å².